The van der Waals surface area contributed by atoms with Gasteiger partial charge in [0.1, 0.15) is 24.2 Å². The number of cyclic esters (lactones) is 1. The number of carbonyl (C=O) groups is 1. The molecule has 156 valence electrons. The normalized spacial score (nSPS) is 18.9. The van der Waals surface area contributed by atoms with E-state index in [4.69, 9.17) is 4.74 Å². The molecule has 0 spiro atoms. The third kappa shape index (κ3) is 5.05. The summed E-state index contributed by atoms with van der Waals surface area (Å²) < 4.78 is 45.6. The second-order valence-corrected chi connectivity index (χ2v) is 6.48. The first-order valence-corrected chi connectivity index (χ1v) is 8.73. The average molecular weight is 412 g/mol. The van der Waals surface area contributed by atoms with E-state index >= 15 is 0 Å². The van der Waals surface area contributed by atoms with Gasteiger partial charge in [0.2, 0.25) is 5.95 Å². The number of hydrogen-bond donors (Lipinski definition) is 2. The van der Waals surface area contributed by atoms with Crippen LogP contribution in [0.2, 0.25) is 0 Å². The van der Waals surface area contributed by atoms with E-state index < -0.39 is 24.6 Å². The minimum atomic E-state index is -4.75. The average Bonchev–Trinajstić information content (AvgIpc) is 3.03. The van der Waals surface area contributed by atoms with Crippen LogP contribution in [0.5, 0.6) is 5.75 Å². The fourth-order valence-electron chi connectivity index (χ4n) is 2.84. The van der Waals surface area contributed by atoms with Gasteiger partial charge in [-0.2, -0.15) is 4.98 Å². The van der Waals surface area contributed by atoms with Gasteiger partial charge in [-0.3, -0.25) is 4.90 Å². The van der Waals surface area contributed by atoms with E-state index in [9.17, 15) is 23.1 Å². The van der Waals surface area contributed by atoms with Gasteiger partial charge in [-0.1, -0.05) is 12.1 Å². The summed E-state index contributed by atoms with van der Waals surface area (Å²) in [5.41, 5.74) is 0.677. The summed E-state index contributed by atoms with van der Waals surface area (Å²) in [7, 11) is 0. The topological polar surface area (TPSA) is 96.8 Å². The predicted octanol–water partition coefficient (Wildman–Crippen LogP) is 3.25. The van der Waals surface area contributed by atoms with E-state index in [1.165, 1.54) is 41.4 Å². The van der Waals surface area contributed by atoms with Crippen LogP contribution in [0.25, 0.3) is 0 Å². The lowest BCUT2D eigenvalue weighted by atomic mass is 10.1. The Morgan fingerprint density at radius 2 is 1.97 bits per heavy atom. The number of halogens is 3. The number of amides is 1. The summed E-state index contributed by atoms with van der Waals surface area (Å²) in [5.74, 6) is 0.148. The second-order valence-electron chi connectivity index (χ2n) is 6.48. The van der Waals surface area contributed by atoms with Crippen LogP contribution in [0.15, 0.2) is 36.5 Å². The quantitative estimate of drug-likeness (QED) is 0.752. The number of nitrogens with zero attached hydrogens (tertiary/aromatic N) is 3. The maximum Gasteiger partial charge on any atom is 0.573 e. The molecular weight excluding hydrogens is 393 g/mol. The number of aromatic nitrogens is 2. The van der Waals surface area contributed by atoms with E-state index in [1.807, 2.05) is 0 Å². The molecule has 1 unspecified atom stereocenters. The van der Waals surface area contributed by atoms with Gasteiger partial charge in [0, 0.05) is 6.20 Å². The van der Waals surface area contributed by atoms with Gasteiger partial charge < -0.3 is 19.9 Å². The molecule has 3 rings (SSSR count). The van der Waals surface area contributed by atoms with Crippen LogP contribution in [-0.4, -0.2) is 46.3 Å². The molecule has 1 aromatic heterocycles. The number of benzene rings is 1. The zero-order valence-corrected chi connectivity index (χ0v) is 15.6. The molecular formula is C18H19F3N4O4. The number of ether oxygens (including phenoxy) is 2. The minimum Gasteiger partial charge on any atom is -0.447 e. The summed E-state index contributed by atoms with van der Waals surface area (Å²) in [6.45, 7) is 3.37. The van der Waals surface area contributed by atoms with E-state index in [-0.39, 0.29) is 30.2 Å². The number of nitrogens with one attached hydrogen (secondary N) is 1. The maximum atomic E-state index is 12.3. The van der Waals surface area contributed by atoms with Crippen molar-refractivity contribution in [2.45, 2.75) is 38.4 Å². The van der Waals surface area contributed by atoms with Crippen molar-refractivity contribution in [2.24, 2.45) is 0 Å². The molecule has 1 fully saturated rings. The van der Waals surface area contributed by atoms with E-state index in [0.717, 1.165) is 0 Å². The van der Waals surface area contributed by atoms with Crippen LogP contribution in [0.4, 0.5) is 29.7 Å². The molecule has 2 heterocycles. The Hall–Kier alpha value is -3.08. The molecule has 1 amide bonds. The summed E-state index contributed by atoms with van der Waals surface area (Å²) in [6, 6.07) is 6.01. The van der Waals surface area contributed by atoms with Gasteiger partial charge in [0.25, 0.3) is 0 Å². The standard InChI is InChI=1S/C18H19F3N4O4/c1-10(12-3-5-13(6-4-12)29-18(19,20)21)23-16-22-8-7-15(24-16)25-14(11(2)26)9-28-17(25)27/h3-8,10-11,14,26H,9H2,1-2H3,(H,22,23,24)/t10-,11+,14?/m0/s1. The van der Waals surface area contributed by atoms with E-state index in [2.05, 4.69) is 20.0 Å². The predicted molar refractivity (Wildman–Crippen MR) is 96.5 cm³/mol. The zero-order valence-electron chi connectivity index (χ0n) is 15.6. The number of aliphatic hydroxyl groups excluding tert-OH is 1. The van der Waals surface area contributed by atoms with E-state index in [1.54, 1.807) is 13.8 Å². The molecule has 0 saturated carbocycles. The van der Waals surface area contributed by atoms with Crippen LogP contribution in [0, 0.1) is 0 Å². The lowest BCUT2D eigenvalue weighted by molar-refractivity contribution is -0.274. The SMILES string of the molecule is C[C@H](Nc1nccc(N2C(=O)OCC2[C@@H](C)O)n1)c1ccc(OC(F)(F)F)cc1. The van der Waals surface area contributed by atoms with Gasteiger partial charge in [-0.05, 0) is 37.6 Å². The van der Waals surface area contributed by atoms with Crippen molar-refractivity contribution in [2.75, 3.05) is 16.8 Å². The van der Waals surface area contributed by atoms with Crippen molar-refractivity contribution in [3.8, 4) is 5.75 Å². The zero-order chi connectivity index (χ0) is 21.2. The lowest BCUT2D eigenvalue weighted by Gasteiger charge is -2.23. The number of aliphatic hydroxyl groups is 1. The Morgan fingerprint density at radius 1 is 1.28 bits per heavy atom. The van der Waals surface area contributed by atoms with Crippen molar-refractivity contribution in [1.82, 2.24) is 9.97 Å². The van der Waals surface area contributed by atoms with Crippen LogP contribution in [0.3, 0.4) is 0 Å². The largest absolute Gasteiger partial charge is 0.573 e. The molecule has 2 aromatic rings. The Morgan fingerprint density at radius 3 is 2.59 bits per heavy atom. The molecule has 29 heavy (non-hydrogen) atoms. The summed E-state index contributed by atoms with van der Waals surface area (Å²) in [6.07, 6.45) is -4.74. The molecule has 2 N–H and O–H groups in total. The highest BCUT2D eigenvalue weighted by molar-refractivity contribution is 5.89. The molecule has 1 aliphatic rings. The van der Waals surface area contributed by atoms with Crippen LogP contribution < -0.4 is 15.0 Å². The van der Waals surface area contributed by atoms with Gasteiger partial charge in [-0.15, -0.1) is 13.2 Å². The highest BCUT2D eigenvalue weighted by Gasteiger charge is 2.38. The smallest absolute Gasteiger partial charge is 0.447 e. The monoisotopic (exact) mass is 412 g/mol. The Labute approximate surface area is 164 Å². The summed E-state index contributed by atoms with van der Waals surface area (Å²) in [5, 5.41) is 12.9. The maximum absolute atomic E-state index is 12.3. The number of alkyl halides is 3. The fourth-order valence-corrected chi connectivity index (χ4v) is 2.84. The highest BCUT2D eigenvalue weighted by atomic mass is 19.4. The van der Waals surface area contributed by atoms with Gasteiger partial charge in [0.05, 0.1) is 12.1 Å². The Balaban J connectivity index is 1.72. The lowest BCUT2D eigenvalue weighted by Crippen LogP contribution is -2.41. The molecule has 11 heteroatoms. The van der Waals surface area contributed by atoms with Crippen molar-refractivity contribution in [3.63, 3.8) is 0 Å². The molecule has 1 aromatic carbocycles. The molecule has 0 radical (unpaired) electrons. The summed E-state index contributed by atoms with van der Waals surface area (Å²) >= 11 is 0. The molecule has 3 atom stereocenters. The molecule has 0 bridgehead atoms. The van der Waals surface area contributed by atoms with Gasteiger partial charge in [-0.25, -0.2) is 9.78 Å². The number of anilines is 2. The second kappa shape index (κ2) is 8.11. The highest BCUT2D eigenvalue weighted by Crippen LogP contribution is 2.27. The molecule has 8 nitrogen and oxygen atoms in total. The van der Waals surface area contributed by atoms with Crippen molar-refractivity contribution < 1.29 is 32.5 Å². The van der Waals surface area contributed by atoms with E-state index in [0.29, 0.717) is 5.56 Å². The minimum absolute atomic E-state index is 0.0476. The third-order valence-corrected chi connectivity index (χ3v) is 4.31. The van der Waals surface area contributed by atoms with Crippen molar-refractivity contribution in [3.05, 3.63) is 42.1 Å². The van der Waals surface area contributed by atoms with Gasteiger partial charge in [0.15, 0.2) is 0 Å². The number of hydrogen-bond acceptors (Lipinski definition) is 7. The summed E-state index contributed by atoms with van der Waals surface area (Å²) in [4.78, 5) is 21.6. The third-order valence-electron chi connectivity index (χ3n) is 4.31. The molecule has 1 aliphatic heterocycles. The fraction of sp³-hybridized carbons (Fsp3) is 0.389. The van der Waals surface area contributed by atoms with Crippen LogP contribution in [-0.2, 0) is 4.74 Å². The first-order valence-electron chi connectivity index (χ1n) is 8.73. The van der Waals surface area contributed by atoms with Crippen molar-refractivity contribution >= 4 is 17.9 Å². The van der Waals surface area contributed by atoms with Gasteiger partial charge >= 0.3 is 12.5 Å². The molecule has 0 aliphatic carbocycles. The van der Waals surface area contributed by atoms with Crippen LogP contribution >= 0.6 is 0 Å². The number of rotatable bonds is 6. The molecule has 1 saturated heterocycles. The Kier molecular flexibility index (Phi) is 5.78. The Bertz CT molecular complexity index is 861. The number of carbonyl (C=O) groups excluding carboxylic acids is 1. The first-order chi connectivity index (χ1) is 13.6. The first kappa shape index (κ1) is 20.6. The van der Waals surface area contributed by atoms with Crippen molar-refractivity contribution in [1.29, 1.82) is 0 Å². The van der Waals surface area contributed by atoms with Crippen LogP contribution in [0.1, 0.15) is 25.5 Å².